The van der Waals surface area contributed by atoms with Crippen molar-refractivity contribution in [1.29, 1.82) is 0 Å². The van der Waals surface area contributed by atoms with Crippen molar-refractivity contribution >= 4 is 28.3 Å². The second-order valence-corrected chi connectivity index (χ2v) is 9.97. The lowest BCUT2D eigenvalue weighted by Gasteiger charge is -2.56. The van der Waals surface area contributed by atoms with E-state index in [0.29, 0.717) is 26.2 Å². The number of pyridine rings is 1. The van der Waals surface area contributed by atoms with Gasteiger partial charge in [-0.2, -0.15) is 0 Å². The zero-order valence-electron chi connectivity index (χ0n) is 18.1. The van der Waals surface area contributed by atoms with Gasteiger partial charge in [-0.05, 0) is 86.0 Å². The molecule has 0 radical (unpaired) electrons. The van der Waals surface area contributed by atoms with Gasteiger partial charge in [0, 0.05) is 18.4 Å². The third-order valence-electron chi connectivity index (χ3n) is 7.49. The molecule has 0 unspecified atom stereocenters. The van der Waals surface area contributed by atoms with Crippen LogP contribution >= 0.6 is 0 Å². The van der Waals surface area contributed by atoms with Crippen LogP contribution in [0.4, 0.5) is 11.5 Å². The Morgan fingerprint density at radius 1 is 1.06 bits per heavy atom. The third-order valence-corrected chi connectivity index (χ3v) is 7.49. The average molecular weight is 424 g/mol. The number of aromatic nitrogens is 1. The van der Waals surface area contributed by atoms with Crippen molar-refractivity contribution in [3.05, 3.63) is 30.3 Å². The number of rotatable bonds is 9. The summed E-state index contributed by atoms with van der Waals surface area (Å²) >= 11 is 0. The molecule has 1 aromatic heterocycles. The number of amides is 1. The standard InChI is InChI=1S/C25H33N3O3/c29-7-9-31-8-6-26-23-5-4-20-21(27-23)2-1-3-22(20)28-24(30)16-25-13-17-10-18(14-25)12-19(11-17)15-25/h1-5,17-19,29H,6-16H2,(H,26,27)(H,28,30). The molecule has 1 heterocycles. The molecule has 31 heavy (non-hydrogen) atoms. The molecule has 1 aromatic carbocycles. The van der Waals surface area contributed by atoms with E-state index < -0.39 is 0 Å². The van der Waals surface area contributed by atoms with Crippen LogP contribution in [0.25, 0.3) is 10.9 Å². The number of nitrogens with zero attached hydrogens (tertiary/aromatic N) is 1. The first kappa shape index (κ1) is 20.7. The van der Waals surface area contributed by atoms with Gasteiger partial charge in [-0.3, -0.25) is 4.79 Å². The number of hydrogen-bond donors (Lipinski definition) is 3. The van der Waals surface area contributed by atoms with Crippen molar-refractivity contribution in [3.8, 4) is 0 Å². The van der Waals surface area contributed by atoms with Crippen molar-refractivity contribution in [2.75, 3.05) is 37.0 Å². The van der Waals surface area contributed by atoms with E-state index in [1.807, 2.05) is 30.3 Å². The minimum absolute atomic E-state index is 0.0333. The van der Waals surface area contributed by atoms with E-state index in [0.717, 1.165) is 40.2 Å². The smallest absolute Gasteiger partial charge is 0.224 e. The summed E-state index contributed by atoms with van der Waals surface area (Å²) in [7, 11) is 0. The SMILES string of the molecule is O=C(CC12CC3CC(CC(C3)C1)C2)Nc1cccc2nc(NCCOCCO)ccc12. The number of fused-ring (bicyclic) bond motifs is 1. The Hall–Kier alpha value is -2.18. The quantitative estimate of drug-likeness (QED) is 0.527. The summed E-state index contributed by atoms with van der Waals surface area (Å²) in [5.41, 5.74) is 1.95. The number of carbonyl (C=O) groups is 1. The van der Waals surface area contributed by atoms with Gasteiger partial charge in [0.25, 0.3) is 0 Å². The highest BCUT2D eigenvalue weighted by Crippen LogP contribution is 2.61. The molecule has 4 fully saturated rings. The van der Waals surface area contributed by atoms with Crippen LogP contribution in [0.5, 0.6) is 0 Å². The molecule has 0 aliphatic heterocycles. The average Bonchev–Trinajstić information content (AvgIpc) is 2.72. The molecule has 4 bridgehead atoms. The first-order valence-electron chi connectivity index (χ1n) is 11.7. The molecule has 2 aromatic rings. The number of anilines is 2. The number of nitrogens with one attached hydrogen (secondary N) is 2. The lowest BCUT2D eigenvalue weighted by atomic mass is 9.49. The van der Waals surface area contributed by atoms with E-state index in [9.17, 15) is 4.79 Å². The molecule has 0 spiro atoms. The van der Waals surface area contributed by atoms with Crippen LogP contribution in [-0.4, -0.2) is 42.4 Å². The Bertz CT molecular complexity index is 909. The van der Waals surface area contributed by atoms with Crippen molar-refractivity contribution < 1.29 is 14.6 Å². The van der Waals surface area contributed by atoms with Gasteiger partial charge in [-0.25, -0.2) is 4.98 Å². The fourth-order valence-corrected chi connectivity index (χ4v) is 6.82. The molecule has 6 rings (SSSR count). The van der Waals surface area contributed by atoms with Crippen LogP contribution in [0, 0.1) is 23.2 Å². The van der Waals surface area contributed by atoms with Gasteiger partial charge in [0.15, 0.2) is 0 Å². The molecule has 0 atom stereocenters. The number of hydrogen-bond acceptors (Lipinski definition) is 5. The molecular weight excluding hydrogens is 390 g/mol. The minimum atomic E-state index is 0.0333. The fourth-order valence-electron chi connectivity index (χ4n) is 6.82. The highest BCUT2D eigenvalue weighted by Gasteiger charge is 2.51. The predicted molar refractivity (Wildman–Crippen MR) is 122 cm³/mol. The van der Waals surface area contributed by atoms with Gasteiger partial charge in [-0.15, -0.1) is 0 Å². The molecule has 4 aliphatic carbocycles. The predicted octanol–water partition coefficient (Wildman–Crippen LogP) is 4.20. The lowest BCUT2D eigenvalue weighted by Crippen LogP contribution is -2.47. The van der Waals surface area contributed by atoms with E-state index in [-0.39, 0.29) is 17.9 Å². The maximum Gasteiger partial charge on any atom is 0.224 e. The van der Waals surface area contributed by atoms with Crippen molar-refractivity contribution in [2.24, 2.45) is 23.2 Å². The topological polar surface area (TPSA) is 83.5 Å². The molecular formula is C25H33N3O3. The molecule has 166 valence electrons. The molecule has 1 amide bonds. The van der Waals surface area contributed by atoms with Crippen LogP contribution < -0.4 is 10.6 Å². The summed E-state index contributed by atoms with van der Waals surface area (Å²) in [5.74, 6) is 3.51. The summed E-state index contributed by atoms with van der Waals surface area (Å²) in [6, 6.07) is 9.83. The summed E-state index contributed by atoms with van der Waals surface area (Å²) in [5, 5.41) is 16.2. The Morgan fingerprint density at radius 2 is 1.81 bits per heavy atom. The first-order chi connectivity index (χ1) is 15.1. The van der Waals surface area contributed by atoms with Gasteiger partial charge >= 0.3 is 0 Å². The normalized spacial score (nSPS) is 28.7. The molecule has 3 N–H and O–H groups in total. The van der Waals surface area contributed by atoms with Crippen molar-refractivity contribution in [3.63, 3.8) is 0 Å². The monoisotopic (exact) mass is 423 g/mol. The van der Waals surface area contributed by atoms with E-state index in [2.05, 4.69) is 15.6 Å². The van der Waals surface area contributed by atoms with Gasteiger partial charge in [0.1, 0.15) is 5.82 Å². The number of benzene rings is 1. The number of aliphatic hydroxyl groups excluding tert-OH is 1. The Morgan fingerprint density at radius 3 is 2.52 bits per heavy atom. The number of carbonyl (C=O) groups excluding carboxylic acids is 1. The lowest BCUT2D eigenvalue weighted by molar-refractivity contribution is -0.124. The number of ether oxygens (including phenoxy) is 1. The third kappa shape index (κ3) is 4.55. The Labute approximate surface area is 183 Å². The molecule has 4 aliphatic rings. The molecule has 6 nitrogen and oxygen atoms in total. The van der Waals surface area contributed by atoms with E-state index in [1.54, 1.807) is 0 Å². The van der Waals surface area contributed by atoms with Crippen molar-refractivity contribution in [1.82, 2.24) is 4.98 Å². The van der Waals surface area contributed by atoms with Crippen LogP contribution in [-0.2, 0) is 9.53 Å². The van der Waals surface area contributed by atoms with Gasteiger partial charge in [0.2, 0.25) is 5.91 Å². The summed E-state index contributed by atoms with van der Waals surface area (Å²) in [4.78, 5) is 17.7. The highest BCUT2D eigenvalue weighted by molar-refractivity contribution is 6.01. The molecule has 0 saturated heterocycles. The molecule has 4 saturated carbocycles. The second kappa shape index (κ2) is 8.75. The zero-order chi connectivity index (χ0) is 21.3. The van der Waals surface area contributed by atoms with Crippen LogP contribution in [0.2, 0.25) is 0 Å². The van der Waals surface area contributed by atoms with E-state index >= 15 is 0 Å². The first-order valence-corrected chi connectivity index (χ1v) is 11.7. The summed E-state index contributed by atoms with van der Waals surface area (Å²) < 4.78 is 5.27. The van der Waals surface area contributed by atoms with Crippen molar-refractivity contribution in [2.45, 2.75) is 44.9 Å². The van der Waals surface area contributed by atoms with E-state index in [1.165, 1.54) is 38.5 Å². The Kier molecular flexibility index (Phi) is 5.85. The summed E-state index contributed by atoms with van der Waals surface area (Å²) in [6.07, 6.45) is 8.62. The molecule has 6 heteroatoms. The van der Waals surface area contributed by atoms with Gasteiger partial charge in [-0.1, -0.05) is 6.07 Å². The largest absolute Gasteiger partial charge is 0.394 e. The van der Waals surface area contributed by atoms with Gasteiger partial charge in [0.05, 0.1) is 31.0 Å². The second-order valence-electron chi connectivity index (χ2n) is 9.97. The van der Waals surface area contributed by atoms with E-state index in [4.69, 9.17) is 9.84 Å². The zero-order valence-corrected chi connectivity index (χ0v) is 18.1. The minimum Gasteiger partial charge on any atom is -0.394 e. The Balaban J connectivity index is 1.23. The van der Waals surface area contributed by atoms with Crippen LogP contribution in [0.1, 0.15) is 44.9 Å². The van der Waals surface area contributed by atoms with Gasteiger partial charge < -0.3 is 20.5 Å². The summed E-state index contributed by atoms with van der Waals surface area (Å²) in [6.45, 7) is 1.52. The highest BCUT2D eigenvalue weighted by atomic mass is 16.5. The fraction of sp³-hybridized carbons (Fsp3) is 0.600. The van der Waals surface area contributed by atoms with Crippen LogP contribution in [0.15, 0.2) is 30.3 Å². The van der Waals surface area contributed by atoms with Crippen LogP contribution in [0.3, 0.4) is 0 Å². The maximum atomic E-state index is 13.1. The number of aliphatic hydroxyl groups is 1. The maximum absolute atomic E-state index is 13.1.